The van der Waals surface area contributed by atoms with E-state index in [2.05, 4.69) is 22.5 Å². The van der Waals surface area contributed by atoms with Crippen molar-refractivity contribution in [2.24, 2.45) is 5.73 Å². The summed E-state index contributed by atoms with van der Waals surface area (Å²) in [7, 11) is 1.42. The Labute approximate surface area is 252 Å². The van der Waals surface area contributed by atoms with Crippen LogP contribution in [0.25, 0.3) is 10.9 Å². The van der Waals surface area contributed by atoms with Crippen LogP contribution in [-0.2, 0) is 11.3 Å². The minimum atomic E-state index is -4.52. The summed E-state index contributed by atoms with van der Waals surface area (Å²) in [6.45, 7) is 4.08. The summed E-state index contributed by atoms with van der Waals surface area (Å²) in [5.74, 6) is 5.39. The van der Waals surface area contributed by atoms with E-state index >= 15 is 4.39 Å². The number of primary amides is 1. The van der Waals surface area contributed by atoms with Gasteiger partial charge in [-0.25, -0.2) is 9.18 Å². The topological polar surface area (TPSA) is 111 Å². The second kappa shape index (κ2) is 13.0. The lowest BCUT2D eigenvalue weighted by atomic mass is 10.0. The van der Waals surface area contributed by atoms with Crippen molar-refractivity contribution in [1.82, 2.24) is 9.47 Å². The lowest BCUT2D eigenvalue weighted by Gasteiger charge is -2.36. The van der Waals surface area contributed by atoms with Gasteiger partial charge in [-0.15, -0.1) is 0 Å². The molecular formula is C31H35F4N5O4. The van der Waals surface area contributed by atoms with Crippen molar-refractivity contribution in [3.63, 3.8) is 0 Å². The van der Waals surface area contributed by atoms with E-state index in [9.17, 15) is 22.8 Å². The summed E-state index contributed by atoms with van der Waals surface area (Å²) in [6, 6.07) is 10.3. The van der Waals surface area contributed by atoms with E-state index in [0.717, 1.165) is 4.57 Å². The van der Waals surface area contributed by atoms with Gasteiger partial charge >= 0.3 is 12.3 Å². The maximum Gasteiger partial charge on any atom is 0.410 e. The average molecular weight is 618 g/mol. The van der Waals surface area contributed by atoms with Crippen molar-refractivity contribution in [1.29, 1.82) is 0 Å². The van der Waals surface area contributed by atoms with E-state index in [4.69, 9.17) is 15.2 Å². The number of aromatic nitrogens is 1. The third-order valence-corrected chi connectivity index (χ3v) is 6.89. The Morgan fingerprint density at radius 1 is 1.11 bits per heavy atom. The highest BCUT2D eigenvalue weighted by Crippen LogP contribution is 2.32. The number of amides is 2. The number of carbonyl (C=O) groups is 2. The van der Waals surface area contributed by atoms with Gasteiger partial charge in [0, 0.05) is 23.2 Å². The molecule has 2 atom stereocenters. The van der Waals surface area contributed by atoms with Crippen LogP contribution in [0.4, 0.5) is 33.7 Å². The summed E-state index contributed by atoms with van der Waals surface area (Å²) < 4.78 is 67.7. The van der Waals surface area contributed by atoms with Crippen LogP contribution in [0, 0.1) is 11.8 Å². The minimum absolute atomic E-state index is 0.0602. The molecule has 0 unspecified atom stereocenters. The number of anilines is 2. The monoisotopic (exact) mass is 617 g/mol. The van der Waals surface area contributed by atoms with Crippen LogP contribution in [0.2, 0.25) is 0 Å². The quantitative estimate of drug-likeness (QED) is 0.238. The lowest BCUT2D eigenvalue weighted by Crippen LogP contribution is -2.51. The molecule has 9 nitrogen and oxygen atoms in total. The van der Waals surface area contributed by atoms with E-state index in [-0.39, 0.29) is 42.8 Å². The number of ether oxygens (including phenoxy) is 2. The molecule has 2 amide bonds. The van der Waals surface area contributed by atoms with Crippen molar-refractivity contribution in [2.75, 3.05) is 37.4 Å². The number of likely N-dealkylation sites (tertiary alicyclic amines) is 1. The Bertz CT molecular complexity index is 1590. The van der Waals surface area contributed by atoms with Gasteiger partial charge in [-0.3, -0.25) is 4.79 Å². The molecule has 1 aliphatic heterocycles. The first-order valence-corrected chi connectivity index (χ1v) is 13.9. The number of fused-ring (bicyclic) bond motifs is 1. The number of halogens is 4. The number of piperidine rings is 1. The number of nitrogens with zero attached hydrogens (tertiary/aromatic N) is 2. The predicted molar refractivity (Wildman–Crippen MR) is 160 cm³/mol. The fraction of sp³-hybridized carbons (Fsp3) is 0.419. The fourth-order valence-corrected chi connectivity index (χ4v) is 4.89. The lowest BCUT2D eigenvalue weighted by molar-refractivity contribution is -0.140. The van der Waals surface area contributed by atoms with E-state index in [0.29, 0.717) is 22.5 Å². The number of rotatable bonds is 7. The first-order chi connectivity index (χ1) is 20.6. The zero-order chi connectivity index (χ0) is 32.2. The number of carbonyl (C=O) groups excluding carboxylic acids is 2. The molecule has 13 heteroatoms. The van der Waals surface area contributed by atoms with Crippen LogP contribution < -0.4 is 21.1 Å². The molecule has 44 heavy (non-hydrogen) atoms. The molecule has 1 fully saturated rings. The van der Waals surface area contributed by atoms with Crippen LogP contribution in [0.15, 0.2) is 42.5 Å². The molecule has 0 spiro atoms. The Morgan fingerprint density at radius 2 is 1.86 bits per heavy atom. The minimum Gasteiger partial charge on any atom is -0.495 e. The molecule has 1 saturated heterocycles. The number of hydrogen-bond acceptors (Lipinski definition) is 6. The normalized spacial score (nSPS) is 17.0. The Hall–Kier alpha value is -4.60. The van der Waals surface area contributed by atoms with E-state index in [1.54, 1.807) is 51.1 Å². The van der Waals surface area contributed by atoms with Gasteiger partial charge in [0.15, 0.2) is 0 Å². The van der Waals surface area contributed by atoms with Gasteiger partial charge in [-0.1, -0.05) is 12.0 Å². The van der Waals surface area contributed by atoms with E-state index in [1.807, 2.05) is 0 Å². The van der Waals surface area contributed by atoms with Gasteiger partial charge in [-0.05, 0) is 69.5 Å². The zero-order valence-electron chi connectivity index (χ0n) is 24.8. The van der Waals surface area contributed by atoms with Gasteiger partial charge < -0.3 is 35.3 Å². The molecule has 236 valence electrons. The maximum atomic E-state index is 15.2. The second-order valence-corrected chi connectivity index (χ2v) is 11.4. The van der Waals surface area contributed by atoms with Gasteiger partial charge in [0.25, 0.3) is 0 Å². The predicted octanol–water partition coefficient (Wildman–Crippen LogP) is 5.53. The van der Waals surface area contributed by atoms with Gasteiger partial charge in [0.1, 0.15) is 24.1 Å². The number of nitrogens with one attached hydrogen (secondary N) is 2. The van der Waals surface area contributed by atoms with Gasteiger partial charge in [0.2, 0.25) is 5.91 Å². The average Bonchev–Trinajstić information content (AvgIpc) is 3.27. The van der Waals surface area contributed by atoms with Crippen molar-refractivity contribution in [2.45, 2.75) is 57.7 Å². The second-order valence-electron chi connectivity index (χ2n) is 11.4. The molecule has 0 bridgehead atoms. The Balaban J connectivity index is 1.55. The van der Waals surface area contributed by atoms with Crippen LogP contribution >= 0.6 is 0 Å². The summed E-state index contributed by atoms with van der Waals surface area (Å²) in [4.78, 5) is 25.1. The highest BCUT2D eigenvalue weighted by atomic mass is 19.4. The maximum absolute atomic E-state index is 15.2. The largest absolute Gasteiger partial charge is 0.495 e. The van der Waals surface area contributed by atoms with Crippen LogP contribution in [-0.4, -0.2) is 72.2 Å². The Kier molecular flexibility index (Phi) is 9.51. The number of methoxy groups -OCH3 is 1. The summed E-state index contributed by atoms with van der Waals surface area (Å²) in [6.07, 6.45) is -6.26. The molecule has 2 heterocycles. The third kappa shape index (κ3) is 8.06. The standard InChI is InChI=1S/C31H35F4N5O4/c1-30(2,3)44-29(42)39-14-12-24(22(32)17-39)38-23-8-5-9-26-21(23)16-20(40(26)18-31(33,34)35)7-6-13-37-25-11-10-19(28(36)41)15-27(25)43-4/h5,8-11,15-16,22,24,37-38H,12-14,17-18H2,1-4H3,(H2,36,41)/t22-,24+/m1/s1. The number of hydrogen-bond donors (Lipinski definition) is 3. The van der Waals surface area contributed by atoms with E-state index in [1.165, 1.54) is 24.1 Å². The van der Waals surface area contributed by atoms with Gasteiger partial charge in [-0.2, -0.15) is 13.2 Å². The van der Waals surface area contributed by atoms with Crippen LogP contribution in [0.1, 0.15) is 43.2 Å². The highest BCUT2D eigenvalue weighted by Gasteiger charge is 2.34. The molecule has 1 aromatic heterocycles. The summed E-state index contributed by atoms with van der Waals surface area (Å²) >= 11 is 0. The van der Waals surface area contributed by atoms with Crippen molar-refractivity contribution < 1.29 is 36.6 Å². The van der Waals surface area contributed by atoms with Crippen LogP contribution in [0.5, 0.6) is 5.75 Å². The fourth-order valence-electron chi connectivity index (χ4n) is 4.89. The molecular weight excluding hydrogens is 582 g/mol. The summed E-state index contributed by atoms with van der Waals surface area (Å²) in [5, 5.41) is 6.62. The number of nitrogens with two attached hydrogens (primary N) is 1. The van der Waals surface area contributed by atoms with E-state index < -0.39 is 42.5 Å². The van der Waals surface area contributed by atoms with Crippen molar-refractivity contribution >= 4 is 34.3 Å². The molecule has 0 radical (unpaired) electrons. The molecule has 0 aliphatic carbocycles. The molecule has 2 aromatic carbocycles. The highest BCUT2D eigenvalue weighted by molar-refractivity contribution is 5.94. The molecule has 3 aromatic rings. The van der Waals surface area contributed by atoms with Crippen molar-refractivity contribution in [3.8, 4) is 17.6 Å². The van der Waals surface area contributed by atoms with Gasteiger partial charge in [0.05, 0.1) is 43.1 Å². The third-order valence-electron chi connectivity index (χ3n) is 6.89. The smallest absolute Gasteiger partial charge is 0.410 e. The van der Waals surface area contributed by atoms with Crippen molar-refractivity contribution in [3.05, 3.63) is 53.7 Å². The number of benzene rings is 2. The molecule has 4 rings (SSSR count). The molecule has 4 N–H and O–H groups in total. The Morgan fingerprint density at radius 3 is 2.50 bits per heavy atom. The number of alkyl halides is 4. The van der Waals surface area contributed by atoms with Crippen LogP contribution in [0.3, 0.4) is 0 Å². The molecule has 1 aliphatic rings. The summed E-state index contributed by atoms with van der Waals surface area (Å²) in [5.41, 5.74) is 6.25. The zero-order valence-corrected chi connectivity index (χ0v) is 24.8. The first-order valence-electron chi connectivity index (χ1n) is 13.9. The molecule has 0 saturated carbocycles. The first kappa shape index (κ1) is 32.3. The SMILES string of the molecule is COc1cc(C(N)=O)ccc1NCC#Cc1cc2c(N[C@H]3CCN(C(=O)OC(C)(C)C)C[C@H]3F)cccc2n1CC(F)(F)F.